The minimum absolute atomic E-state index is 0.0722. The fraction of sp³-hybridized carbons (Fsp3) is 0.692. The lowest BCUT2D eigenvalue weighted by Crippen LogP contribution is -2.47. The first-order chi connectivity index (χ1) is 10.2. The maximum absolute atomic E-state index is 11.4. The van der Waals surface area contributed by atoms with Gasteiger partial charge in [-0.25, -0.2) is 15.8 Å². The number of nitrogens with two attached hydrogens (primary N) is 1. The van der Waals surface area contributed by atoms with E-state index in [1.54, 1.807) is 0 Å². The highest BCUT2D eigenvalue weighted by atomic mass is 16.6. The summed E-state index contributed by atoms with van der Waals surface area (Å²) in [5.41, 5.74) is 2.19. The minimum atomic E-state index is -0.447. The zero-order valence-electron chi connectivity index (χ0n) is 11.9. The smallest absolute Gasteiger partial charge is 0.347 e. The van der Waals surface area contributed by atoms with E-state index in [-0.39, 0.29) is 11.5 Å². The molecule has 3 rings (SSSR count). The zero-order chi connectivity index (χ0) is 14.8. The molecule has 21 heavy (non-hydrogen) atoms. The molecule has 2 fully saturated rings. The summed E-state index contributed by atoms with van der Waals surface area (Å²) in [4.78, 5) is 21.1. The molecule has 1 aromatic rings. The van der Waals surface area contributed by atoms with Crippen LogP contribution in [0.25, 0.3) is 0 Å². The predicted molar refractivity (Wildman–Crippen MR) is 78.8 cm³/mol. The highest BCUT2D eigenvalue weighted by molar-refractivity contribution is 5.70. The molecule has 2 heterocycles. The quantitative estimate of drug-likeness (QED) is 0.496. The monoisotopic (exact) mass is 292 g/mol. The molecule has 3 N–H and O–H groups in total. The van der Waals surface area contributed by atoms with Gasteiger partial charge in [0.1, 0.15) is 6.33 Å². The molecule has 0 bridgehead atoms. The number of nitrogens with one attached hydrogen (secondary N) is 1. The third-order valence-corrected chi connectivity index (χ3v) is 4.64. The molecule has 0 radical (unpaired) electrons. The second kappa shape index (κ2) is 5.80. The van der Waals surface area contributed by atoms with Crippen molar-refractivity contribution in [3.63, 3.8) is 0 Å². The molecule has 0 amide bonds. The molecule has 1 saturated carbocycles. The van der Waals surface area contributed by atoms with Gasteiger partial charge in [-0.3, -0.25) is 10.1 Å². The first kappa shape index (κ1) is 14.0. The molecule has 2 atom stereocenters. The Kier molecular flexibility index (Phi) is 3.87. The number of nitrogen functional groups attached to an aromatic ring is 1. The largest absolute Gasteiger partial charge is 0.354 e. The second-order valence-corrected chi connectivity index (χ2v) is 5.74. The summed E-state index contributed by atoms with van der Waals surface area (Å²) in [6.45, 7) is 0.809. The Labute approximate surface area is 122 Å². The maximum atomic E-state index is 11.4. The van der Waals surface area contributed by atoms with Crippen molar-refractivity contribution in [1.29, 1.82) is 0 Å². The van der Waals surface area contributed by atoms with Gasteiger partial charge in [0.05, 0.1) is 4.92 Å². The molecule has 8 nitrogen and oxygen atoms in total. The molecule has 0 unspecified atom stereocenters. The number of nitrogens with zero attached hydrogens (tertiary/aromatic N) is 4. The van der Waals surface area contributed by atoms with Gasteiger partial charge in [0.2, 0.25) is 11.6 Å². The van der Waals surface area contributed by atoms with E-state index in [2.05, 4.69) is 20.3 Å². The van der Waals surface area contributed by atoms with E-state index >= 15 is 0 Å². The van der Waals surface area contributed by atoms with E-state index in [1.807, 2.05) is 0 Å². The molecule has 1 saturated heterocycles. The van der Waals surface area contributed by atoms with Crippen molar-refractivity contribution in [2.24, 2.45) is 11.8 Å². The fourth-order valence-corrected chi connectivity index (χ4v) is 3.74. The summed E-state index contributed by atoms with van der Waals surface area (Å²) in [5.74, 6) is 6.45. The van der Waals surface area contributed by atoms with Gasteiger partial charge in [-0.2, -0.15) is 0 Å². The molecule has 0 spiro atoms. The van der Waals surface area contributed by atoms with Gasteiger partial charge in [-0.05, 0) is 31.6 Å². The van der Waals surface area contributed by atoms with Crippen molar-refractivity contribution in [3.05, 3.63) is 16.4 Å². The molecule has 1 aliphatic heterocycles. The van der Waals surface area contributed by atoms with Crippen molar-refractivity contribution in [2.45, 2.75) is 44.6 Å². The Bertz CT molecular complexity index is 535. The Hall–Kier alpha value is -1.96. The van der Waals surface area contributed by atoms with E-state index < -0.39 is 4.92 Å². The Morgan fingerprint density at radius 3 is 2.81 bits per heavy atom. The van der Waals surface area contributed by atoms with Crippen molar-refractivity contribution in [3.8, 4) is 0 Å². The molecule has 1 aliphatic carbocycles. The lowest BCUT2D eigenvalue weighted by Gasteiger charge is -2.44. The van der Waals surface area contributed by atoms with Gasteiger partial charge in [0.15, 0.2) is 0 Å². The van der Waals surface area contributed by atoms with Crippen LogP contribution in [0.4, 0.5) is 17.3 Å². The van der Waals surface area contributed by atoms with Gasteiger partial charge in [0.25, 0.3) is 0 Å². The molecule has 1 aromatic heterocycles. The number of hydrazine groups is 1. The standard InChI is InChI=1S/C13H20N6O2/c14-17-12-11(19(20)21)13(16-8-15-12)18-7-3-5-9-4-1-2-6-10(9)18/h8-10H,1-7,14H2,(H,15,16,17)/t9-,10-/m1/s1. The maximum Gasteiger partial charge on any atom is 0.354 e. The number of hydrogen-bond donors (Lipinski definition) is 2. The summed E-state index contributed by atoms with van der Waals surface area (Å²) in [6, 6.07) is 0.353. The van der Waals surface area contributed by atoms with E-state index in [1.165, 1.54) is 32.0 Å². The number of hydrogen-bond acceptors (Lipinski definition) is 7. The Balaban J connectivity index is 2.00. The summed E-state index contributed by atoms with van der Waals surface area (Å²) in [7, 11) is 0. The number of nitro groups is 1. The second-order valence-electron chi connectivity index (χ2n) is 5.74. The molecular weight excluding hydrogens is 272 g/mol. The van der Waals surface area contributed by atoms with E-state index in [0.717, 1.165) is 19.4 Å². The highest BCUT2D eigenvalue weighted by Gasteiger charge is 2.37. The van der Waals surface area contributed by atoms with Crippen LogP contribution in [-0.4, -0.2) is 27.5 Å². The van der Waals surface area contributed by atoms with Crippen LogP contribution in [0.3, 0.4) is 0 Å². The molecular formula is C13H20N6O2. The minimum Gasteiger partial charge on any atom is -0.347 e. The van der Waals surface area contributed by atoms with Gasteiger partial charge in [0, 0.05) is 12.6 Å². The van der Waals surface area contributed by atoms with Crippen LogP contribution in [-0.2, 0) is 0 Å². The van der Waals surface area contributed by atoms with E-state index in [0.29, 0.717) is 17.8 Å². The van der Waals surface area contributed by atoms with Crippen LogP contribution >= 0.6 is 0 Å². The van der Waals surface area contributed by atoms with Gasteiger partial charge >= 0.3 is 5.69 Å². The summed E-state index contributed by atoms with van der Waals surface area (Å²) in [6.07, 6.45) is 8.33. The van der Waals surface area contributed by atoms with Gasteiger partial charge < -0.3 is 10.3 Å². The summed E-state index contributed by atoms with van der Waals surface area (Å²) >= 11 is 0. The predicted octanol–water partition coefficient (Wildman–Crippen LogP) is 1.83. The number of rotatable bonds is 3. The highest BCUT2D eigenvalue weighted by Crippen LogP contribution is 2.41. The molecule has 8 heteroatoms. The Morgan fingerprint density at radius 1 is 1.29 bits per heavy atom. The van der Waals surface area contributed by atoms with Gasteiger partial charge in [-0.15, -0.1) is 0 Å². The fourth-order valence-electron chi connectivity index (χ4n) is 3.74. The van der Waals surface area contributed by atoms with Crippen LogP contribution in [0.5, 0.6) is 0 Å². The molecule has 2 aliphatic rings. The molecule has 0 aromatic carbocycles. The average Bonchev–Trinajstić information content (AvgIpc) is 2.53. The topological polar surface area (TPSA) is 110 Å². The summed E-state index contributed by atoms with van der Waals surface area (Å²) < 4.78 is 0. The number of anilines is 2. The molecule has 114 valence electrons. The zero-order valence-corrected chi connectivity index (χ0v) is 11.9. The van der Waals surface area contributed by atoms with Crippen molar-refractivity contribution < 1.29 is 4.92 Å². The van der Waals surface area contributed by atoms with E-state index in [9.17, 15) is 10.1 Å². The van der Waals surface area contributed by atoms with Crippen LogP contribution in [0.2, 0.25) is 0 Å². The number of piperidine rings is 1. The lowest BCUT2D eigenvalue weighted by molar-refractivity contribution is -0.383. The van der Waals surface area contributed by atoms with E-state index in [4.69, 9.17) is 5.84 Å². The lowest BCUT2D eigenvalue weighted by atomic mass is 9.78. The first-order valence-electron chi connectivity index (χ1n) is 7.45. The van der Waals surface area contributed by atoms with Crippen LogP contribution in [0, 0.1) is 16.0 Å². The van der Waals surface area contributed by atoms with Crippen LogP contribution in [0.1, 0.15) is 38.5 Å². The third-order valence-electron chi connectivity index (χ3n) is 4.64. The number of aromatic nitrogens is 2. The van der Waals surface area contributed by atoms with Crippen molar-refractivity contribution in [1.82, 2.24) is 9.97 Å². The van der Waals surface area contributed by atoms with Crippen molar-refractivity contribution >= 4 is 17.3 Å². The first-order valence-corrected chi connectivity index (χ1v) is 7.45. The van der Waals surface area contributed by atoms with Crippen LogP contribution < -0.4 is 16.2 Å². The average molecular weight is 292 g/mol. The number of fused-ring (bicyclic) bond motifs is 1. The van der Waals surface area contributed by atoms with Gasteiger partial charge in [-0.1, -0.05) is 12.8 Å². The SMILES string of the molecule is NNc1ncnc(N2CCC[C@H]3CCCC[C@H]32)c1[N+](=O)[O-]. The van der Waals surface area contributed by atoms with Crippen molar-refractivity contribution in [2.75, 3.05) is 16.9 Å². The third kappa shape index (κ3) is 2.51. The normalized spacial score (nSPS) is 25.3. The summed E-state index contributed by atoms with van der Waals surface area (Å²) in [5, 5.41) is 11.4. The Morgan fingerprint density at radius 2 is 2.05 bits per heavy atom. The van der Waals surface area contributed by atoms with Crippen LogP contribution in [0.15, 0.2) is 6.33 Å².